The van der Waals surface area contributed by atoms with E-state index in [0.29, 0.717) is 0 Å². The molecule has 2 rings (SSSR count). The first-order valence-electron chi connectivity index (χ1n) is 7.36. The van der Waals surface area contributed by atoms with Gasteiger partial charge >= 0.3 is 0 Å². The van der Waals surface area contributed by atoms with Gasteiger partial charge in [-0.15, -0.1) is 24.0 Å². The highest BCUT2D eigenvalue weighted by atomic mass is 127. The number of hydrogen-bond donors (Lipinski definition) is 2. The largest absolute Gasteiger partial charge is 0.497 e. The molecule has 0 saturated heterocycles. The fourth-order valence-electron chi connectivity index (χ4n) is 2.06. The van der Waals surface area contributed by atoms with Crippen LogP contribution < -0.4 is 15.4 Å². The average Bonchev–Trinajstić information content (AvgIpc) is 3.07. The minimum Gasteiger partial charge on any atom is -0.497 e. The third-order valence-electron chi connectivity index (χ3n) is 3.28. The first-order valence-corrected chi connectivity index (χ1v) is 7.36. The van der Waals surface area contributed by atoms with Crippen molar-refractivity contribution in [1.82, 2.24) is 20.4 Å². The number of rotatable bonds is 7. The number of guanidine groups is 1. The molecular formula is C16H24IN5O. The lowest BCUT2D eigenvalue weighted by atomic mass is 10.1. The van der Waals surface area contributed by atoms with Gasteiger partial charge in [-0.1, -0.05) is 12.1 Å². The fourth-order valence-corrected chi connectivity index (χ4v) is 2.06. The van der Waals surface area contributed by atoms with Crippen LogP contribution in [-0.4, -0.2) is 43.0 Å². The van der Waals surface area contributed by atoms with Gasteiger partial charge in [0.2, 0.25) is 0 Å². The summed E-state index contributed by atoms with van der Waals surface area (Å²) in [6, 6.07) is 10.0. The lowest BCUT2D eigenvalue weighted by molar-refractivity contribution is 0.414. The Labute approximate surface area is 154 Å². The summed E-state index contributed by atoms with van der Waals surface area (Å²) in [5.74, 6) is 1.69. The van der Waals surface area contributed by atoms with Crippen LogP contribution in [0.4, 0.5) is 0 Å². The van der Waals surface area contributed by atoms with Crippen molar-refractivity contribution in [3.05, 3.63) is 48.3 Å². The lowest BCUT2D eigenvalue weighted by Crippen LogP contribution is -2.39. The topological polar surface area (TPSA) is 63.5 Å². The second-order valence-corrected chi connectivity index (χ2v) is 4.79. The first-order chi connectivity index (χ1) is 10.8. The Morgan fingerprint density at radius 1 is 1.22 bits per heavy atom. The maximum Gasteiger partial charge on any atom is 0.191 e. The highest BCUT2D eigenvalue weighted by molar-refractivity contribution is 14.0. The predicted octanol–water partition coefficient (Wildman–Crippen LogP) is 1.92. The lowest BCUT2D eigenvalue weighted by Gasteiger charge is -2.12. The number of hydrogen-bond acceptors (Lipinski definition) is 3. The molecule has 0 aliphatic rings. The summed E-state index contributed by atoms with van der Waals surface area (Å²) in [6.07, 6.45) is 4.66. The van der Waals surface area contributed by atoms with E-state index in [0.717, 1.165) is 37.8 Å². The monoisotopic (exact) mass is 429 g/mol. The molecule has 2 aromatic rings. The Balaban J connectivity index is 0.00000264. The highest BCUT2D eigenvalue weighted by Crippen LogP contribution is 2.11. The molecule has 0 saturated carbocycles. The Morgan fingerprint density at radius 2 is 1.96 bits per heavy atom. The van der Waals surface area contributed by atoms with Crippen LogP contribution in [-0.2, 0) is 13.0 Å². The van der Waals surface area contributed by atoms with Crippen molar-refractivity contribution in [1.29, 1.82) is 0 Å². The molecule has 0 aliphatic carbocycles. The minimum absolute atomic E-state index is 0. The van der Waals surface area contributed by atoms with Crippen molar-refractivity contribution in [2.75, 3.05) is 27.2 Å². The van der Waals surface area contributed by atoms with Crippen molar-refractivity contribution in [3.8, 4) is 5.75 Å². The molecule has 0 fully saturated rings. The van der Waals surface area contributed by atoms with Gasteiger partial charge in [0.05, 0.1) is 13.7 Å². The standard InChI is InChI=1S/C16H23N5O.HI/c1-17-16(19-11-13-21-12-3-9-20-21)18-10-8-14-4-6-15(22-2)7-5-14;/h3-7,9,12H,8,10-11,13H2,1-2H3,(H2,17,18,19);1H. The molecule has 7 heteroatoms. The van der Waals surface area contributed by atoms with Crippen LogP contribution in [0.5, 0.6) is 5.75 Å². The molecule has 0 atom stereocenters. The van der Waals surface area contributed by atoms with Gasteiger partial charge < -0.3 is 15.4 Å². The predicted molar refractivity (Wildman–Crippen MR) is 104 cm³/mol. The summed E-state index contributed by atoms with van der Waals surface area (Å²) in [4.78, 5) is 4.21. The maximum absolute atomic E-state index is 5.15. The van der Waals surface area contributed by atoms with E-state index in [1.54, 1.807) is 20.4 Å². The van der Waals surface area contributed by atoms with Crippen molar-refractivity contribution in [3.63, 3.8) is 0 Å². The molecule has 1 aromatic heterocycles. The maximum atomic E-state index is 5.15. The molecule has 0 spiro atoms. The molecule has 0 aliphatic heterocycles. The third kappa shape index (κ3) is 6.89. The number of methoxy groups -OCH3 is 1. The Bertz CT molecular complexity index is 569. The van der Waals surface area contributed by atoms with Gasteiger partial charge in [0.25, 0.3) is 0 Å². The van der Waals surface area contributed by atoms with Crippen LogP contribution in [0.1, 0.15) is 5.56 Å². The zero-order chi connectivity index (χ0) is 15.6. The van der Waals surface area contributed by atoms with E-state index < -0.39 is 0 Å². The van der Waals surface area contributed by atoms with E-state index in [-0.39, 0.29) is 24.0 Å². The summed E-state index contributed by atoms with van der Waals surface area (Å²) >= 11 is 0. The van der Waals surface area contributed by atoms with E-state index in [4.69, 9.17) is 4.74 Å². The zero-order valence-corrected chi connectivity index (χ0v) is 15.9. The van der Waals surface area contributed by atoms with E-state index in [9.17, 15) is 0 Å². The summed E-state index contributed by atoms with van der Waals surface area (Å²) in [6.45, 7) is 2.42. The second-order valence-electron chi connectivity index (χ2n) is 4.79. The average molecular weight is 429 g/mol. The molecular weight excluding hydrogens is 405 g/mol. The second kappa shape index (κ2) is 10.9. The number of ether oxygens (including phenoxy) is 1. The Kier molecular flexibility index (Phi) is 9.11. The number of nitrogens with one attached hydrogen (secondary N) is 2. The van der Waals surface area contributed by atoms with E-state index in [1.807, 2.05) is 29.1 Å². The number of aliphatic imine (C=N–C) groups is 1. The summed E-state index contributed by atoms with van der Waals surface area (Å²) < 4.78 is 7.04. The van der Waals surface area contributed by atoms with Gasteiger partial charge in [-0.05, 0) is 30.2 Å². The number of aromatic nitrogens is 2. The van der Waals surface area contributed by atoms with E-state index in [2.05, 4.69) is 32.9 Å². The summed E-state index contributed by atoms with van der Waals surface area (Å²) in [5.41, 5.74) is 1.26. The number of nitrogens with zero attached hydrogens (tertiary/aromatic N) is 3. The molecule has 1 aromatic carbocycles. The van der Waals surface area contributed by atoms with Gasteiger partial charge in [0.15, 0.2) is 5.96 Å². The van der Waals surface area contributed by atoms with Gasteiger partial charge in [-0.2, -0.15) is 5.10 Å². The molecule has 0 amide bonds. The van der Waals surface area contributed by atoms with Crippen molar-refractivity contribution in [2.45, 2.75) is 13.0 Å². The normalized spacial score (nSPS) is 10.8. The van der Waals surface area contributed by atoms with Crippen LogP contribution >= 0.6 is 24.0 Å². The van der Waals surface area contributed by atoms with Crippen LogP contribution in [0.25, 0.3) is 0 Å². The molecule has 126 valence electrons. The molecule has 0 bridgehead atoms. The molecule has 0 unspecified atom stereocenters. The third-order valence-corrected chi connectivity index (χ3v) is 3.28. The zero-order valence-electron chi connectivity index (χ0n) is 13.5. The van der Waals surface area contributed by atoms with E-state index in [1.165, 1.54) is 5.56 Å². The number of benzene rings is 1. The van der Waals surface area contributed by atoms with Crippen LogP contribution in [0, 0.1) is 0 Å². The van der Waals surface area contributed by atoms with Crippen molar-refractivity contribution < 1.29 is 4.74 Å². The smallest absolute Gasteiger partial charge is 0.191 e. The van der Waals surface area contributed by atoms with Crippen molar-refractivity contribution >= 4 is 29.9 Å². The minimum atomic E-state index is 0. The molecule has 2 N–H and O–H groups in total. The van der Waals surface area contributed by atoms with Crippen molar-refractivity contribution in [2.24, 2.45) is 4.99 Å². The first kappa shape index (κ1) is 19.3. The quantitative estimate of drug-likeness (QED) is 0.401. The molecule has 1 heterocycles. The van der Waals surface area contributed by atoms with Crippen LogP contribution in [0.2, 0.25) is 0 Å². The molecule has 6 nitrogen and oxygen atoms in total. The molecule has 0 radical (unpaired) electrons. The Hall–Kier alpha value is -1.77. The molecule has 23 heavy (non-hydrogen) atoms. The van der Waals surface area contributed by atoms with Crippen LogP contribution in [0.15, 0.2) is 47.7 Å². The van der Waals surface area contributed by atoms with Gasteiger partial charge in [0, 0.05) is 32.5 Å². The summed E-state index contributed by atoms with van der Waals surface area (Å²) in [5, 5.41) is 10.7. The summed E-state index contributed by atoms with van der Waals surface area (Å²) in [7, 11) is 3.45. The SMILES string of the molecule is CN=C(NCCc1ccc(OC)cc1)NCCn1cccn1.I. The van der Waals surface area contributed by atoms with Crippen LogP contribution in [0.3, 0.4) is 0 Å². The Morgan fingerprint density at radius 3 is 2.57 bits per heavy atom. The fraction of sp³-hybridized carbons (Fsp3) is 0.375. The van der Waals surface area contributed by atoms with Gasteiger partial charge in [-0.25, -0.2) is 0 Å². The van der Waals surface area contributed by atoms with Gasteiger partial charge in [0.1, 0.15) is 5.75 Å². The highest BCUT2D eigenvalue weighted by Gasteiger charge is 1.99. The van der Waals surface area contributed by atoms with Gasteiger partial charge in [-0.3, -0.25) is 9.67 Å². The van der Waals surface area contributed by atoms with E-state index >= 15 is 0 Å². The number of halogens is 1.